The predicted molar refractivity (Wildman–Crippen MR) is 127 cm³/mol. The van der Waals surface area contributed by atoms with E-state index in [-0.39, 0.29) is 36.4 Å². The van der Waals surface area contributed by atoms with Gasteiger partial charge in [-0.15, -0.1) is 0 Å². The normalized spacial score (nSPS) is 18.6. The van der Waals surface area contributed by atoms with Crippen LogP contribution < -0.4 is 10.6 Å². The Hall–Kier alpha value is -2.22. The number of nitrogens with one attached hydrogen (secondary N) is 2. The molecule has 1 aliphatic carbocycles. The van der Waals surface area contributed by atoms with Gasteiger partial charge in [0.1, 0.15) is 5.60 Å². The second-order valence-corrected chi connectivity index (χ2v) is 10.7. The zero-order valence-corrected chi connectivity index (χ0v) is 21.3. The molecule has 188 valence electrons. The standard InChI is InChI=1S/C25H42N2O6/c1-17(19-15-18(28)11-12-21(19)29)20(16-32-24(2,3)4)22(30)26-13-9-8-10-14-27-23(31)33-25(5,6)7/h11-12,17,19-20H,8-10,13-16H2,1-7H3,(H,26,30)(H,27,31)/t17-,19?,20-/m1/s1. The molecule has 0 heterocycles. The first kappa shape index (κ1) is 28.8. The van der Waals surface area contributed by atoms with Crippen LogP contribution in [0.15, 0.2) is 12.2 Å². The van der Waals surface area contributed by atoms with Crippen LogP contribution in [0.1, 0.15) is 74.1 Å². The lowest BCUT2D eigenvalue weighted by Crippen LogP contribution is -2.43. The summed E-state index contributed by atoms with van der Waals surface area (Å²) in [6, 6.07) is 0. The topological polar surface area (TPSA) is 111 Å². The Morgan fingerprint density at radius 2 is 1.58 bits per heavy atom. The maximum absolute atomic E-state index is 13.0. The number of unbranched alkanes of at least 4 members (excludes halogenated alkanes) is 2. The average Bonchev–Trinajstić information content (AvgIpc) is 2.66. The second kappa shape index (κ2) is 12.9. The van der Waals surface area contributed by atoms with Crippen LogP contribution in [0.3, 0.4) is 0 Å². The van der Waals surface area contributed by atoms with Crippen molar-refractivity contribution in [1.82, 2.24) is 10.6 Å². The molecule has 0 spiro atoms. The van der Waals surface area contributed by atoms with Gasteiger partial charge in [0, 0.05) is 25.4 Å². The molecule has 33 heavy (non-hydrogen) atoms. The Bertz CT molecular complexity index is 717. The number of hydrogen-bond acceptors (Lipinski definition) is 6. The van der Waals surface area contributed by atoms with Gasteiger partial charge in [-0.05, 0) is 78.9 Å². The van der Waals surface area contributed by atoms with E-state index in [1.165, 1.54) is 12.2 Å². The highest BCUT2D eigenvalue weighted by molar-refractivity contribution is 6.06. The molecule has 3 atom stereocenters. The molecule has 0 bridgehead atoms. The van der Waals surface area contributed by atoms with Crippen LogP contribution in [-0.4, -0.2) is 54.5 Å². The smallest absolute Gasteiger partial charge is 0.407 e. The molecular weight excluding hydrogens is 424 g/mol. The van der Waals surface area contributed by atoms with Gasteiger partial charge in [-0.25, -0.2) is 4.79 Å². The van der Waals surface area contributed by atoms with Crippen molar-refractivity contribution in [2.24, 2.45) is 17.8 Å². The van der Waals surface area contributed by atoms with Gasteiger partial charge < -0.3 is 20.1 Å². The van der Waals surface area contributed by atoms with E-state index in [1.54, 1.807) is 0 Å². The Labute approximate surface area is 198 Å². The van der Waals surface area contributed by atoms with Gasteiger partial charge in [-0.1, -0.05) is 6.92 Å². The highest BCUT2D eigenvalue weighted by atomic mass is 16.6. The number of amides is 2. The minimum atomic E-state index is -0.536. The SMILES string of the molecule is C[C@H](C1CC(=O)C=CC1=O)[C@@H](COC(C)(C)C)C(=O)NCCCCCNC(=O)OC(C)(C)C. The molecular formula is C25H42N2O6. The van der Waals surface area contributed by atoms with Crippen LogP contribution in [0, 0.1) is 17.8 Å². The van der Waals surface area contributed by atoms with Crippen molar-refractivity contribution in [2.45, 2.75) is 85.4 Å². The van der Waals surface area contributed by atoms with E-state index in [2.05, 4.69) is 10.6 Å². The number of ether oxygens (including phenoxy) is 2. The van der Waals surface area contributed by atoms with Crippen LogP contribution in [0.25, 0.3) is 0 Å². The van der Waals surface area contributed by atoms with E-state index in [4.69, 9.17) is 9.47 Å². The average molecular weight is 467 g/mol. The Morgan fingerprint density at radius 1 is 0.970 bits per heavy atom. The predicted octanol–water partition coefficient (Wildman–Crippen LogP) is 3.58. The number of hydrogen-bond donors (Lipinski definition) is 2. The molecule has 0 saturated heterocycles. The first-order valence-electron chi connectivity index (χ1n) is 11.8. The zero-order valence-electron chi connectivity index (χ0n) is 21.3. The molecule has 0 aliphatic heterocycles. The van der Waals surface area contributed by atoms with Crippen LogP contribution in [0.2, 0.25) is 0 Å². The summed E-state index contributed by atoms with van der Waals surface area (Å²) in [7, 11) is 0. The number of rotatable bonds is 11. The fourth-order valence-corrected chi connectivity index (χ4v) is 3.49. The third kappa shape index (κ3) is 12.0. The number of allylic oxidation sites excluding steroid dienone is 2. The van der Waals surface area contributed by atoms with Gasteiger partial charge in [-0.2, -0.15) is 0 Å². The van der Waals surface area contributed by atoms with Crippen molar-refractivity contribution in [3.8, 4) is 0 Å². The second-order valence-electron chi connectivity index (χ2n) is 10.7. The van der Waals surface area contributed by atoms with Crippen LogP contribution in [0.5, 0.6) is 0 Å². The lowest BCUT2D eigenvalue weighted by atomic mass is 9.76. The van der Waals surface area contributed by atoms with E-state index in [9.17, 15) is 19.2 Å². The lowest BCUT2D eigenvalue weighted by Gasteiger charge is -2.31. The third-order valence-corrected chi connectivity index (χ3v) is 5.34. The summed E-state index contributed by atoms with van der Waals surface area (Å²) in [4.78, 5) is 48.8. The maximum atomic E-state index is 13.0. The quantitative estimate of drug-likeness (QED) is 0.450. The van der Waals surface area contributed by atoms with Crippen molar-refractivity contribution < 1.29 is 28.7 Å². The molecule has 0 fully saturated rings. The molecule has 8 heteroatoms. The first-order chi connectivity index (χ1) is 15.2. The number of carbonyl (C=O) groups is 4. The molecule has 0 aromatic heterocycles. The fraction of sp³-hybridized carbons (Fsp3) is 0.760. The Kier molecular flexibility index (Phi) is 11.2. The Balaban J connectivity index is 2.51. The molecule has 1 rings (SSSR count). The largest absolute Gasteiger partial charge is 0.444 e. The van der Waals surface area contributed by atoms with Gasteiger partial charge >= 0.3 is 6.09 Å². The van der Waals surface area contributed by atoms with E-state index >= 15 is 0 Å². The summed E-state index contributed by atoms with van der Waals surface area (Å²) in [5.41, 5.74) is -0.948. The summed E-state index contributed by atoms with van der Waals surface area (Å²) < 4.78 is 11.1. The maximum Gasteiger partial charge on any atom is 0.407 e. The van der Waals surface area contributed by atoms with E-state index in [1.807, 2.05) is 48.5 Å². The molecule has 1 unspecified atom stereocenters. The van der Waals surface area contributed by atoms with Gasteiger partial charge in [0.25, 0.3) is 0 Å². The summed E-state index contributed by atoms with van der Waals surface area (Å²) in [5, 5.41) is 5.67. The van der Waals surface area contributed by atoms with E-state index in [0.29, 0.717) is 13.1 Å². The van der Waals surface area contributed by atoms with Crippen molar-refractivity contribution in [3.05, 3.63) is 12.2 Å². The van der Waals surface area contributed by atoms with Crippen molar-refractivity contribution in [1.29, 1.82) is 0 Å². The highest BCUT2D eigenvalue weighted by Crippen LogP contribution is 2.29. The van der Waals surface area contributed by atoms with Gasteiger partial charge in [0.05, 0.1) is 18.1 Å². The molecule has 1 aliphatic rings. The molecule has 2 amide bonds. The first-order valence-corrected chi connectivity index (χ1v) is 11.8. The van der Waals surface area contributed by atoms with Crippen molar-refractivity contribution >= 4 is 23.6 Å². The monoisotopic (exact) mass is 466 g/mol. The van der Waals surface area contributed by atoms with Crippen LogP contribution in [0.4, 0.5) is 4.79 Å². The third-order valence-electron chi connectivity index (χ3n) is 5.34. The summed E-state index contributed by atoms with van der Waals surface area (Å²) in [5.74, 6) is -1.76. The van der Waals surface area contributed by atoms with Gasteiger partial charge in [0.2, 0.25) is 5.91 Å². The minimum absolute atomic E-state index is 0.0951. The van der Waals surface area contributed by atoms with E-state index < -0.39 is 29.1 Å². The van der Waals surface area contributed by atoms with Crippen molar-refractivity contribution in [3.63, 3.8) is 0 Å². The number of carbonyl (C=O) groups excluding carboxylic acids is 4. The molecule has 8 nitrogen and oxygen atoms in total. The summed E-state index contributed by atoms with van der Waals surface area (Å²) >= 11 is 0. The molecule has 0 saturated carbocycles. The van der Waals surface area contributed by atoms with Crippen LogP contribution >= 0.6 is 0 Å². The van der Waals surface area contributed by atoms with E-state index in [0.717, 1.165) is 19.3 Å². The number of alkyl carbamates (subject to hydrolysis) is 1. The fourth-order valence-electron chi connectivity index (χ4n) is 3.49. The number of ketones is 2. The Morgan fingerprint density at radius 3 is 2.15 bits per heavy atom. The molecule has 0 aromatic rings. The molecule has 2 N–H and O–H groups in total. The van der Waals surface area contributed by atoms with Gasteiger partial charge in [0.15, 0.2) is 11.6 Å². The lowest BCUT2D eigenvalue weighted by molar-refractivity contribution is -0.136. The highest BCUT2D eigenvalue weighted by Gasteiger charge is 2.37. The van der Waals surface area contributed by atoms with Crippen LogP contribution in [-0.2, 0) is 23.9 Å². The minimum Gasteiger partial charge on any atom is -0.444 e. The summed E-state index contributed by atoms with van der Waals surface area (Å²) in [6.45, 7) is 14.2. The summed E-state index contributed by atoms with van der Waals surface area (Å²) in [6.07, 6.45) is 4.68. The van der Waals surface area contributed by atoms with Gasteiger partial charge in [-0.3, -0.25) is 14.4 Å². The molecule has 0 aromatic carbocycles. The zero-order chi connectivity index (χ0) is 25.2. The van der Waals surface area contributed by atoms with Crippen molar-refractivity contribution in [2.75, 3.05) is 19.7 Å². The molecule has 0 radical (unpaired) electrons.